The molecule has 0 radical (unpaired) electrons. The van der Waals surface area contributed by atoms with Gasteiger partial charge in [-0.1, -0.05) is 179 Å². The van der Waals surface area contributed by atoms with E-state index < -0.39 is 5.97 Å². The molecule has 0 saturated carbocycles. The molecule has 1 unspecified atom stereocenters. The van der Waals surface area contributed by atoms with Gasteiger partial charge in [0.2, 0.25) is 0 Å². The highest BCUT2D eigenvalue weighted by Gasteiger charge is 2.14. The molecular weight excluding hydrogens is 592 g/mol. The van der Waals surface area contributed by atoms with Gasteiger partial charge in [-0.3, -0.25) is 9.59 Å². The normalized spacial score (nSPS) is 12.5. The Kier molecular flexibility index (Phi) is 38.1. The molecule has 0 aliphatic heterocycles. The zero-order valence-corrected chi connectivity index (χ0v) is 32.0. The van der Waals surface area contributed by atoms with Crippen molar-refractivity contribution in [2.75, 3.05) is 0 Å². The van der Waals surface area contributed by atoms with Crippen LogP contribution in [0, 0.1) is 0 Å². The first-order valence-corrected chi connectivity index (χ1v) is 21.0. The third-order valence-electron chi connectivity index (χ3n) is 9.38. The second-order valence-electron chi connectivity index (χ2n) is 14.2. The molecule has 0 aromatic rings. The Morgan fingerprint density at radius 3 is 1.35 bits per heavy atom. The summed E-state index contributed by atoms with van der Waals surface area (Å²) in [7, 11) is 0. The van der Waals surface area contributed by atoms with Crippen molar-refractivity contribution in [3.63, 3.8) is 0 Å². The molecule has 48 heavy (non-hydrogen) atoms. The van der Waals surface area contributed by atoms with Gasteiger partial charge in [0, 0.05) is 12.8 Å². The minimum absolute atomic E-state index is 0.00444. The molecule has 0 saturated heterocycles. The fourth-order valence-electron chi connectivity index (χ4n) is 6.32. The van der Waals surface area contributed by atoms with Crippen molar-refractivity contribution in [2.24, 2.45) is 0 Å². The maximum atomic E-state index is 12.7. The average molecular weight is 673 g/mol. The van der Waals surface area contributed by atoms with Gasteiger partial charge in [0.25, 0.3) is 0 Å². The van der Waals surface area contributed by atoms with Crippen molar-refractivity contribution < 1.29 is 19.4 Å². The average Bonchev–Trinajstić information content (AvgIpc) is 3.07. The first-order valence-electron chi connectivity index (χ1n) is 21.0. The van der Waals surface area contributed by atoms with Gasteiger partial charge >= 0.3 is 11.9 Å². The number of esters is 1. The van der Waals surface area contributed by atoms with Crippen LogP contribution in [0.4, 0.5) is 0 Å². The minimum Gasteiger partial charge on any atom is -0.481 e. The third kappa shape index (κ3) is 38.6. The standard InChI is InChI=1S/C44H80O4/c1-3-5-7-9-11-13-15-17-18-19-20-22-24-26-28-33-37-41-44(47)48-42(39-35-31-29-32-36-40-43(45)46)38-34-30-27-25-23-21-16-14-12-10-8-6-4-2/h5,7,11,13,17-18,42H,3-4,6,8-10,12,14-16,19-41H2,1-2H3,(H,45,46)/b7-5-,13-11-,18-17-. The summed E-state index contributed by atoms with van der Waals surface area (Å²) in [6.07, 6.45) is 51.7. The van der Waals surface area contributed by atoms with Gasteiger partial charge in [0.1, 0.15) is 6.10 Å². The Hall–Kier alpha value is -1.84. The number of rotatable bonds is 38. The molecule has 1 N–H and O–H groups in total. The minimum atomic E-state index is -0.700. The van der Waals surface area contributed by atoms with E-state index in [1.807, 2.05) is 0 Å². The number of hydrogen-bond acceptors (Lipinski definition) is 3. The van der Waals surface area contributed by atoms with Gasteiger partial charge in [0.05, 0.1) is 0 Å². The molecule has 4 heteroatoms. The van der Waals surface area contributed by atoms with Crippen LogP contribution in [0.15, 0.2) is 36.5 Å². The SMILES string of the molecule is CC/C=C\C/C=C\C/C=C\CCCCCCCCCC(=O)OC(CCCCCCCCCCCCCCC)CCCCCCCC(=O)O. The lowest BCUT2D eigenvalue weighted by Gasteiger charge is -2.18. The first-order chi connectivity index (χ1) is 23.6. The number of aliphatic carboxylic acids is 1. The maximum absolute atomic E-state index is 12.7. The molecule has 0 aliphatic carbocycles. The number of carbonyl (C=O) groups excluding carboxylic acids is 1. The molecule has 0 bridgehead atoms. The van der Waals surface area contributed by atoms with Gasteiger partial charge in [-0.15, -0.1) is 0 Å². The Morgan fingerprint density at radius 1 is 0.479 bits per heavy atom. The highest BCUT2D eigenvalue weighted by molar-refractivity contribution is 5.69. The quantitative estimate of drug-likeness (QED) is 0.0403. The summed E-state index contributed by atoms with van der Waals surface area (Å²) in [6, 6.07) is 0. The summed E-state index contributed by atoms with van der Waals surface area (Å²) in [4.78, 5) is 23.4. The van der Waals surface area contributed by atoms with E-state index in [1.165, 1.54) is 116 Å². The van der Waals surface area contributed by atoms with E-state index in [1.54, 1.807) is 0 Å². The molecule has 0 fully saturated rings. The highest BCUT2D eigenvalue weighted by Crippen LogP contribution is 2.19. The fourth-order valence-corrected chi connectivity index (χ4v) is 6.32. The number of carboxylic acid groups (broad SMARTS) is 1. The monoisotopic (exact) mass is 673 g/mol. The summed E-state index contributed by atoms with van der Waals surface area (Å²) in [5.74, 6) is -0.705. The van der Waals surface area contributed by atoms with Crippen molar-refractivity contribution in [3.8, 4) is 0 Å². The Bertz CT molecular complexity index is 768. The second kappa shape index (κ2) is 39.6. The number of carboxylic acids is 1. The molecule has 280 valence electrons. The Labute approximate surface area is 299 Å². The fraction of sp³-hybridized carbons (Fsp3) is 0.818. The summed E-state index contributed by atoms with van der Waals surface area (Å²) < 4.78 is 6.02. The van der Waals surface area contributed by atoms with Gasteiger partial charge in [-0.2, -0.15) is 0 Å². The van der Waals surface area contributed by atoms with Crippen molar-refractivity contribution in [3.05, 3.63) is 36.5 Å². The number of carbonyl (C=O) groups is 2. The molecule has 0 rings (SSSR count). The molecule has 0 heterocycles. The van der Waals surface area contributed by atoms with Crippen molar-refractivity contribution in [1.82, 2.24) is 0 Å². The zero-order chi connectivity index (χ0) is 35.0. The summed E-state index contributed by atoms with van der Waals surface area (Å²) in [6.45, 7) is 4.45. The predicted octanol–water partition coefficient (Wildman–Crippen LogP) is 14.6. The van der Waals surface area contributed by atoms with Crippen LogP contribution in [-0.4, -0.2) is 23.1 Å². The summed E-state index contributed by atoms with van der Waals surface area (Å²) in [5, 5.41) is 8.83. The molecule has 4 nitrogen and oxygen atoms in total. The third-order valence-corrected chi connectivity index (χ3v) is 9.38. The van der Waals surface area contributed by atoms with Gasteiger partial charge < -0.3 is 9.84 Å². The second-order valence-corrected chi connectivity index (χ2v) is 14.2. The van der Waals surface area contributed by atoms with Crippen molar-refractivity contribution >= 4 is 11.9 Å². The molecular formula is C44H80O4. The zero-order valence-electron chi connectivity index (χ0n) is 32.0. The summed E-state index contributed by atoms with van der Waals surface area (Å²) in [5.41, 5.74) is 0. The van der Waals surface area contributed by atoms with E-state index >= 15 is 0 Å². The molecule has 0 amide bonds. The molecule has 0 aliphatic rings. The molecule has 0 spiro atoms. The molecule has 0 aromatic heterocycles. The number of hydrogen-bond donors (Lipinski definition) is 1. The highest BCUT2D eigenvalue weighted by atomic mass is 16.5. The van der Waals surface area contributed by atoms with Crippen molar-refractivity contribution in [1.29, 1.82) is 0 Å². The van der Waals surface area contributed by atoms with Crippen molar-refractivity contribution in [2.45, 2.75) is 232 Å². The number of ether oxygens (including phenoxy) is 1. The number of allylic oxidation sites excluding steroid dienone is 6. The van der Waals surface area contributed by atoms with Crippen LogP contribution < -0.4 is 0 Å². The van der Waals surface area contributed by atoms with E-state index in [0.717, 1.165) is 83.5 Å². The predicted molar refractivity (Wildman–Crippen MR) is 209 cm³/mol. The largest absolute Gasteiger partial charge is 0.481 e. The smallest absolute Gasteiger partial charge is 0.306 e. The van der Waals surface area contributed by atoms with E-state index in [-0.39, 0.29) is 18.5 Å². The van der Waals surface area contributed by atoms with E-state index in [2.05, 4.69) is 50.3 Å². The number of unbranched alkanes of at least 4 members (excludes halogenated alkanes) is 23. The van der Waals surface area contributed by atoms with E-state index in [4.69, 9.17) is 9.84 Å². The first kappa shape index (κ1) is 46.2. The van der Waals surface area contributed by atoms with Crippen LogP contribution in [0.5, 0.6) is 0 Å². The Morgan fingerprint density at radius 2 is 0.875 bits per heavy atom. The maximum Gasteiger partial charge on any atom is 0.306 e. The van der Waals surface area contributed by atoms with Gasteiger partial charge in [0.15, 0.2) is 0 Å². The molecule has 1 atom stereocenters. The van der Waals surface area contributed by atoms with Crippen LogP contribution in [0.25, 0.3) is 0 Å². The lowest BCUT2D eigenvalue weighted by molar-refractivity contribution is -0.150. The van der Waals surface area contributed by atoms with Crippen LogP contribution in [0.2, 0.25) is 0 Å². The van der Waals surface area contributed by atoms with E-state index in [0.29, 0.717) is 6.42 Å². The van der Waals surface area contributed by atoms with Crippen LogP contribution in [0.1, 0.15) is 226 Å². The van der Waals surface area contributed by atoms with Gasteiger partial charge in [-0.05, 0) is 70.6 Å². The lowest BCUT2D eigenvalue weighted by Crippen LogP contribution is -2.18. The lowest BCUT2D eigenvalue weighted by atomic mass is 10.0. The molecule has 0 aromatic carbocycles. The van der Waals surface area contributed by atoms with Crippen LogP contribution in [-0.2, 0) is 14.3 Å². The van der Waals surface area contributed by atoms with Crippen LogP contribution >= 0.6 is 0 Å². The van der Waals surface area contributed by atoms with E-state index in [9.17, 15) is 9.59 Å². The van der Waals surface area contributed by atoms with Gasteiger partial charge in [-0.25, -0.2) is 0 Å². The topological polar surface area (TPSA) is 63.6 Å². The van der Waals surface area contributed by atoms with Crippen LogP contribution in [0.3, 0.4) is 0 Å². The summed E-state index contributed by atoms with van der Waals surface area (Å²) >= 11 is 0. The Balaban J connectivity index is 4.02.